The molecule has 3 N–H and O–H groups in total. The monoisotopic (exact) mass is 233 g/mol. The fourth-order valence-electron chi connectivity index (χ4n) is 2.39. The van der Waals surface area contributed by atoms with Crippen LogP contribution in [-0.4, -0.2) is 16.9 Å². The molecule has 1 amide bonds. The van der Waals surface area contributed by atoms with Crippen molar-refractivity contribution in [3.05, 3.63) is 24.0 Å². The van der Waals surface area contributed by atoms with Crippen LogP contribution in [0.5, 0.6) is 0 Å². The van der Waals surface area contributed by atoms with Crippen molar-refractivity contribution in [2.24, 2.45) is 5.92 Å². The lowest BCUT2D eigenvalue weighted by Gasteiger charge is -2.29. The number of hydrogen-bond donors (Lipinski definition) is 2. The minimum Gasteiger partial charge on any atom is -0.397 e. The zero-order valence-electron chi connectivity index (χ0n) is 10.1. The minimum absolute atomic E-state index is 0.0800. The Hall–Kier alpha value is -1.58. The van der Waals surface area contributed by atoms with Crippen LogP contribution in [-0.2, 0) is 0 Å². The van der Waals surface area contributed by atoms with Crippen molar-refractivity contribution in [1.82, 2.24) is 10.3 Å². The van der Waals surface area contributed by atoms with Crippen LogP contribution in [0.3, 0.4) is 0 Å². The molecular formula is C13H19N3O. The number of amides is 1. The Morgan fingerprint density at radius 2 is 2.24 bits per heavy atom. The van der Waals surface area contributed by atoms with E-state index in [1.807, 2.05) is 0 Å². The highest BCUT2D eigenvalue weighted by atomic mass is 16.1. The van der Waals surface area contributed by atoms with Gasteiger partial charge in [0, 0.05) is 12.2 Å². The fourth-order valence-corrected chi connectivity index (χ4v) is 2.39. The first-order chi connectivity index (χ1) is 8.18. The number of hydrogen-bond acceptors (Lipinski definition) is 3. The number of carbonyl (C=O) groups is 1. The van der Waals surface area contributed by atoms with Crippen LogP contribution in [0, 0.1) is 5.92 Å². The number of anilines is 1. The summed E-state index contributed by atoms with van der Waals surface area (Å²) in [6.07, 6.45) is 7.83. The zero-order chi connectivity index (χ0) is 12.3. The number of nitrogen functional groups attached to an aromatic ring is 1. The third-order valence-electron chi connectivity index (χ3n) is 3.52. The molecular weight excluding hydrogens is 214 g/mol. The maximum Gasteiger partial charge on any atom is 0.253 e. The summed E-state index contributed by atoms with van der Waals surface area (Å²) in [6, 6.07) is 1.95. The molecule has 1 aliphatic carbocycles. The SMILES string of the molecule is CC1CCCCC1NC(=O)c1ccncc1N. The van der Waals surface area contributed by atoms with E-state index in [1.165, 1.54) is 25.5 Å². The quantitative estimate of drug-likeness (QED) is 0.820. The van der Waals surface area contributed by atoms with Gasteiger partial charge in [0.25, 0.3) is 5.91 Å². The van der Waals surface area contributed by atoms with Crippen LogP contribution in [0.2, 0.25) is 0 Å². The van der Waals surface area contributed by atoms with Crippen molar-refractivity contribution in [1.29, 1.82) is 0 Å². The van der Waals surface area contributed by atoms with Crippen molar-refractivity contribution < 1.29 is 4.79 Å². The van der Waals surface area contributed by atoms with E-state index in [0.29, 0.717) is 17.2 Å². The zero-order valence-corrected chi connectivity index (χ0v) is 10.1. The Morgan fingerprint density at radius 3 is 2.94 bits per heavy atom. The summed E-state index contributed by atoms with van der Waals surface area (Å²) in [5.41, 5.74) is 6.70. The van der Waals surface area contributed by atoms with Gasteiger partial charge in [-0.15, -0.1) is 0 Å². The normalized spacial score (nSPS) is 24.3. The maximum absolute atomic E-state index is 12.1. The second kappa shape index (κ2) is 5.17. The molecule has 2 unspecified atom stereocenters. The summed E-state index contributed by atoms with van der Waals surface area (Å²) in [6.45, 7) is 2.19. The first kappa shape index (κ1) is 11.9. The molecule has 2 rings (SSSR count). The maximum atomic E-state index is 12.1. The van der Waals surface area contributed by atoms with Crippen molar-refractivity contribution >= 4 is 11.6 Å². The van der Waals surface area contributed by atoms with Crippen LogP contribution in [0.25, 0.3) is 0 Å². The van der Waals surface area contributed by atoms with E-state index in [9.17, 15) is 4.79 Å². The molecule has 0 spiro atoms. The molecule has 4 heteroatoms. The Bertz CT molecular complexity index is 405. The van der Waals surface area contributed by atoms with Gasteiger partial charge in [-0.25, -0.2) is 0 Å². The van der Waals surface area contributed by atoms with E-state index in [4.69, 9.17) is 5.73 Å². The van der Waals surface area contributed by atoms with Gasteiger partial charge in [0.2, 0.25) is 0 Å². The van der Waals surface area contributed by atoms with E-state index in [-0.39, 0.29) is 11.9 Å². The molecule has 1 aliphatic rings. The summed E-state index contributed by atoms with van der Waals surface area (Å²) < 4.78 is 0. The Balaban J connectivity index is 2.04. The van der Waals surface area contributed by atoms with E-state index < -0.39 is 0 Å². The van der Waals surface area contributed by atoms with E-state index in [1.54, 1.807) is 12.3 Å². The number of pyridine rings is 1. The molecule has 1 aromatic heterocycles. The predicted molar refractivity (Wildman–Crippen MR) is 67.5 cm³/mol. The lowest BCUT2D eigenvalue weighted by Crippen LogP contribution is -2.41. The number of nitrogens with one attached hydrogen (secondary N) is 1. The van der Waals surface area contributed by atoms with Crippen LogP contribution >= 0.6 is 0 Å². The first-order valence-corrected chi connectivity index (χ1v) is 6.19. The van der Waals surface area contributed by atoms with Gasteiger partial charge in [-0.3, -0.25) is 9.78 Å². The average Bonchev–Trinajstić information content (AvgIpc) is 2.32. The molecule has 1 saturated carbocycles. The smallest absolute Gasteiger partial charge is 0.253 e. The molecule has 0 aromatic carbocycles. The summed E-state index contributed by atoms with van der Waals surface area (Å²) in [7, 11) is 0. The third-order valence-corrected chi connectivity index (χ3v) is 3.52. The van der Waals surface area contributed by atoms with Crippen molar-refractivity contribution in [3.8, 4) is 0 Å². The Labute approximate surface area is 102 Å². The highest BCUT2D eigenvalue weighted by Crippen LogP contribution is 2.24. The van der Waals surface area contributed by atoms with Crippen molar-refractivity contribution in [2.45, 2.75) is 38.6 Å². The summed E-state index contributed by atoms with van der Waals surface area (Å²) in [4.78, 5) is 15.9. The van der Waals surface area contributed by atoms with Gasteiger partial charge < -0.3 is 11.1 Å². The molecule has 0 aliphatic heterocycles. The van der Waals surface area contributed by atoms with Gasteiger partial charge in [-0.1, -0.05) is 19.8 Å². The second-order valence-corrected chi connectivity index (χ2v) is 4.80. The van der Waals surface area contributed by atoms with Crippen LogP contribution in [0.4, 0.5) is 5.69 Å². The lowest BCUT2D eigenvalue weighted by atomic mass is 9.86. The standard InChI is InChI=1S/C13H19N3O/c1-9-4-2-3-5-12(9)16-13(17)10-6-7-15-8-11(10)14/h6-9,12H,2-5,14H2,1H3,(H,16,17). The summed E-state index contributed by atoms with van der Waals surface area (Å²) in [5.74, 6) is 0.472. The molecule has 1 fully saturated rings. The van der Waals surface area contributed by atoms with Gasteiger partial charge >= 0.3 is 0 Å². The number of nitrogens with two attached hydrogens (primary N) is 1. The number of carbonyl (C=O) groups excluding carboxylic acids is 1. The minimum atomic E-state index is -0.0800. The van der Waals surface area contributed by atoms with Crippen molar-refractivity contribution in [2.75, 3.05) is 5.73 Å². The molecule has 4 nitrogen and oxygen atoms in total. The molecule has 0 saturated heterocycles. The second-order valence-electron chi connectivity index (χ2n) is 4.80. The highest BCUT2D eigenvalue weighted by molar-refractivity contribution is 5.99. The van der Waals surface area contributed by atoms with Crippen LogP contribution < -0.4 is 11.1 Å². The third kappa shape index (κ3) is 2.75. The van der Waals surface area contributed by atoms with Gasteiger partial charge in [-0.05, 0) is 24.8 Å². The highest BCUT2D eigenvalue weighted by Gasteiger charge is 2.23. The Morgan fingerprint density at radius 1 is 1.47 bits per heavy atom. The molecule has 0 bridgehead atoms. The molecule has 1 aromatic rings. The number of aromatic nitrogens is 1. The van der Waals surface area contributed by atoms with Gasteiger partial charge in [0.1, 0.15) is 0 Å². The van der Waals surface area contributed by atoms with Gasteiger partial charge in [0.15, 0.2) is 0 Å². The van der Waals surface area contributed by atoms with Gasteiger partial charge in [-0.2, -0.15) is 0 Å². The summed E-state index contributed by atoms with van der Waals surface area (Å²) in [5, 5.41) is 3.08. The van der Waals surface area contributed by atoms with E-state index in [2.05, 4.69) is 17.2 Å². The predicted octanol–water partition coefficient (Wildman–Crippen LogP) is 1.97. The van der Waals surface area contributed by atoms with Crippen LogP contribution in [0.15, 0.2) is 18.5 Å². The molecule has 1 heterocycles. The average molecular weight is 233 g/mol. The topological polar surface area (TPSA) is 68.0 Å². The molecule has 2 atom stereocenters. The molecule has 0 radical (unpaired) electrons. The first-order valence-electron chi connectivity index (χ1n) is 6.19. The lowest BCUT2D eigenvalue weighted by molar-refractivity contribution is 0.0911. The Kier molecular flexibility index (Phi) is 3.61. The summed E-state index contributed by atoms with van der Waals surface area (Å²) >= 11 is 0. The molecule has 92 valence electrons. The van der Waals surface area contributed by atoms with Gasteiger partial charge in [0.05, 0.1) is 17.4 Å². The van der Waals surface area contributed by atoms with E-state index in [0.717, 1.165) is 6.42 Å². The largest absolute Gasteiger partial charge is 0.397 e. The fraction of sp³-hybridized carbons (Fsp3) is 0.538. The van der Waals surface area contributed by atoms with Crippen molar-refractivity contribution in [3.63, 3.8) is 0 Å². The van der Waals surface area contributed by atoms with E-state index >= 15 is 0 Å². The number of nitrogens with zero attached hydrogens (tertiary/aromatic N) is 1. The molecule has 17 heavy (non-hydrogen) atoms. The van der Waals surface area contributed by atoms with Crippen LogP contribution in [0.1, 0.15) is 43.0 Å². The number of rotatable bonds is 2.